The number of ketones is 1. The zero-order chi connectivity index (χ0) is 16.8. The number of benzene rings is 2. The first-order valence-corrected chi connectivity index (χ1v) is 8.26. The van der Waals surface area contributed by atoms with Crippen LogP contribution in [0, 0.1) is 5.92 Å². The van der Waals surface area contributed by atoms with E-state index in [1.165, 1.54) is 16.7 Å². The molecule has 0 saturated carbocycles. The molecule has 0 radical (unpaired) electrons. The number of carbonyl (C=O) groups excluding carboxylic acids is 1. The lowest BCUT2D eigenvalue weighted by atomic mass is 9.94. The van der Waals surface area contributed by atoms with E-state index in [1.807, 2.05) is 37.2 Å². The summed E-state index contributed by atoms with van der Waals surface area (Å²) in [5.41, 5.74) is 3.66. The van der Waals surface area contributed by atoms with Crippen molar-refractivity contribution in [2.45, 2.75) is 19.8 Å². The third-order valence-corrected chi connectivity index (χ3v) is 4.66. The molecule has 0 N–H and O–H groups in total. The second-order valence-corrected chi connectivity index (χ2v) is 6.42. The van der Waals surface area contributed by atoms with E-state index in [9.17, 15) is 4.79 Å². The maximum atomic E-state index is 11.8. The highest BCUT2D eigenvalue weighted by molar-refractivity contribution is 7.80. The molecule has 3 heteroatoms. The van der Waals surface area contributed by atoms with E-state index < -0.39 is 0 Å². The van der Waals surface area contributed by atoms with Gasteiger partial charge >= 0.3 is 0 Å². The minimum atomic E-state index is -0.172. The molecular weight excluding hydrogens is 302 g/mol. The van der Waals surface area contributed by atoms with Gasteiger partial charge in [-0.2, -0.15) is 0 Å². The lowest BCUT2D eigenvalue weighted by molar-refractivity contribution is -0.119. The largest absolute Gasteiger partial charge is 0.372 e. The molecule has 2 rings (SSSR count). The van der Waals surface area contributed by atoms with Gasteiger partial charge in [-0.15, -0.1) is 0 Å². The zero-order valence-electron chi connectivity index (χ0n) is 14.0. The van der Waals surface area contributed by atoms with Crippen LogP contribution in [0.5, 0.6) is 0 Å². The van der Waals surface area contributed by atoms with E-state index in [4.69, 9.17) is 12.2 Å². The van der Waals surface area contributed by atoms with E-state index >= 15 is 0 Å². The summed E-state index contributed by atoms with van der Waals surface area (Å²) >= 11 is 5.38. The molecule has 0 spiro atoms. The summed E-state index contributed by atoms with van der Waals surface area (Å²) in [4.78, 5) is 14.4. The third-order valence-electron chi connectivity index (χ3n) is 4.01. The van der Waals surface area contributed by atoms with Crippen LogP contribution in [0.3, 0.4) is 0 Å². The van der Waals surface area contributed by atoms with Gasteiger partial charge in [-0.25, -0.2) is 0 Å². The predicted octanol–water partition coefficient (Wildman–Crippen LogP) is 4.38. The molecule has 2 aromatic rings. The number of nitrogens with zero attached hydrogens (tertiary/aromatic N) is 1. The molecule has 0 aliphatic heterocycles. The van der Waals surface area contributed by atoms with Crippen LogP contribution in [-0.4, -0.2) is 29.8 Å². The van der Waals surface area contributed by atoms with Gasteiger partial charge in [-0.1, -0.05) is 66.8 Å². The monoisotopic (exact) mass is 325 g/mol. The fourth-order valence-electron chi connectivity index (χ4n) is 2.62. The van der Waals surface area contributed by atoms with E-state index in [2.05, 4.69) is 36.4 Å². The van der Waals surface area contributed by atoms with E-state index in [0.717, 1.165) is 17.8 Å². The zero-order valence-corrected chi connectivity index (χ0v) is 14.8. The van der Waals surface area contributed by atoms with Gasteiger partial charge < -0.3 is 4.90 Å². The summed E-state index contributed by atoms with van der Waals surface area (Å²) in [6.07, 6.45) is 1.62. The maximum Gasteiger partial charge on any atom is 0.139 e. The lowest BCUT2D eigenvalue weighted by Gasteiger charge is -2.21. The average Bonchev–Trinajstić information content (AvgIpc) is 2.56. The van der Waals surface area contributed by atoms with Crippen molar-refractivity contribution in [1.82, 2.24) is 4.90 Å². The number of thiocarbonyl (C=S) groups is 1. The first-order valence-electron chi connectivity index (χ1n) is 7.85. The highest BCUT2D eigenvalue weighted by Gasteiger charge is 2.20. The Balaban J connectivity index is 2.03. The Hall–Kier alpha value is -2.00. The Morgan fingerprint density at radius 3 is 2.09 bits per heavy atom. The first-order chi connectivity index (χ1) is 11.0. The van der Waals surface area contributed by atoms with Gasteiger partial charge in [0, 0.05) is 14.1 Å². The Bertz CT molecular complexity index is 662. The SMILES string of the molecule is CC(=O)C(CCc1ccc(-c2ccccc2)cc1)C(=S)N(C)C. The second-order valence-electron chi connectivity index (χ2n) is 6.00. The van der Waals surface area contributed by atoms with Crippen molar-refractivity contribution in [2.24, 2.45) is 5.92 Å². The average molecular weight is 325 g/mol. The Morgan fingerprint density at radius 1 is 1.00 bits per heavy atom. The molecule has 23 heavy (non-hydrogen) atoms. The van der Waals surface area contributed by atoms with Crippen LogP contribution in [0.2, 0.25) is 0 Å². The summed E-state index contributed by atoms with van der Waals surface area (Å²) in [6, 6.07) is 18.9. The fraction of sp³-hybridized carbons (Fsp3) is 0.300. The Labute approximate surface area is 144 Å². The van der Waals surface area contributed by atoms with Crippen molar-refractivity contribution in [3.05, 3.63) is 60.2 Å². The van der Waals surface area contributed by atoms with Crippen molar-refractivity contribution in [2.75, 3.05) is 14.1 Å². The van der Waals surface area contributed by atoms with Crippen LogP contribution >= 0.6 is 12.2 Å². The summed E-state index contributed by atoms with van der Waals surface area (Å²) in [7, 11) is 3.79. The molecule has 120 valence electrons. The summed E-state index contributed by atoms with van der Waals surface area (Å²) < 4.78 is 0. The number of hydrogen-bond donors (Lipinski definition) is 0. The van der Waals surface area contributed by atoms with Crippen molar-refractivity contribution in [3.8, 4) is 11.1 Å². The topological polar surface area (TPSA) is 20.3 Å². The number of aryl methyl sites for hydroxylation is 1. The van der Waals surface area contributed by atoms with Gasteiger partial charge in [0.1, 0.15) is 5.78 Å². The molecule has 0 aliphatic carbocycles. The van der Waals surface area contributed by atoms with Gasteiger partial charge in [0.05, 0.1) is 10.9 Å². The van der Waals surface area contributed by atoms with Gasteiger partial charge in [0.2, 0.25) is 0 Å². The molecule has 0 bridgehead atoms. The molecule has 0 fully saturated rings. The quantitative estimate of drug-likeness (QED) is 0.735. The van der Waals surface area contributed by atoms with Crippen molar-refractivity contribution in [3.63, 3.8) is 0 Å². The maximum absolute atomic E-state index is 11.8. The molecule has 2 nitrogen and oxygen atoms in total. The molecular formula is C20H23NOS. The van der Waals surface area contributed by atoms with E-state index in [0.29, 0.717) is 0 Å². The van der Waals surface area contributed by atoms with Crippen LogP contribution in [0.15, 0.2) is 54.6 Å². The van der Waals surface area contributed by atoms with Crippen LogP contribution in [0.4, 0.5) is 0 Å². The van der Waals surface area contributed by atoms with E-state index in [-0.39, 0.29) is 11.7 Å². The Kier molecular flexibility index (Phi) is 6.05. The van der Waals surface area contributed by atoms with Crippen LogP contribution in [0.1, 0.15) is 18.9 Å². The van der Waals surface area contributed by atoms with Gasteiger partial charge in [-0.05, 0) is 36.5 Å². The number of carbonyl (C=O) groups is 1. The molecule has 1 unspecified atom stereocenters. The van der Waals surface area contributed by atoms with Crippen LogP contribution in [0.25, 0.3) is 11.1 Å². The second kappa shape index (κ2) is 8.02. The number of Topliss-reactive ketones (excluding diaryl/α,β-unsaturated/α-hetero) is 1. The predicted molar refractivity (Wildman–Crippen MR) is 101 cm³/mol. The molecule has 0 aromatic heterocycles. The lowest BCUT2D eigenvalue weighted by Crippen LogP contribution is -2.32. The molecule has 0 heterocycles. The van der Waals surface area contributed by atoms with Crippen LogP contribution in [-0.2, 0) is 11.2 Å². The highest BCUT2D eigenvalue weighted by Crippen LogP contribution is 2.21. The summed E-state index contributed by atoms with van der Waals surface area (Å²) in [5, 5.41) is 0. The first kappa shape index (κ1) is 17.4. The fourth-order valence-corrected chi connectivity index (χ4v) is 2.90. The normalized spacial score (nSPS) is 11.8. The summed E-state index contributed by atoms with van der Waals surface area (Å²) in [6.45, 7) is 1.62. The van der Waals surface area contributed by atoms with Crippen molar-refractivity contribution in [1.29, 1.82) is 0 Å². The smallest absolute Gasteiger partial charge is 0.139 e. The number of rotatable bonds is 6. The standard InChI is InChI=1S/C20H23NOS/c1-15(22)19(20(23)21(2)3)14-11-16-9-12-18(13-10-16)17-7-5-4-6-8-17/h4-10,12-13,19H,11,14H2,1-3H3. The molecule has 1 atom stereocenters. The molecule has 2 aromatic carbocycles. The molecule has 0 amide bonds. The van der Waals surface area contributed by atoms with Crippen LogP contribution < -0.4 is 0 Å². The Morgan fingerprint density at radius 2 is 1.57 bits per heavy atom. The summed E-state index contributed by atoms with van der Waals surface area (Å²) in [5.74, 6) is -0.0293. The van der Waals surface area contributed by atoms with Gasteiger partial charge in [0.25, 0.3) is 0 Å². The van der Waals surface area contributed by atoms with Gasteiger partial charge in [0.15, 0.2) is 0 Å². The molecule has 0 aliphatic rings. The van der Waals surface area contributed by atoms with Crippen molar-refractivity contribution >= 4 is 23.0 Å². The van der Waals surface area contributed by atoms with E-state index in [1.54, 1.807) is 6.92 Å². The number of hydrogen-bond acceptors (Lipinski definition) is 2. The highest BCUT2D eigenvalue weighted by atomic mass is 32.1. The van der Waals surface area contributed by atoms with Crippen molar-refractivity contribution < 1.29 is 4.79 Å². The minimum Gasteiger partial charge on any atom is -0.372 e. The minimum absolute atomic E-state index is 0.143. The molecule has 0 saturated heterocycles. The third kappa shape index (κ3) is 4.73. The van der Waals surface area contributed by atoms with Gasteiger partial charge in [-0.3, -0.25) is 4.79 Å².